The Hall–Kier alpha value is -3.35. The summed E-state index contributed by atoms with van der Waals surface area (Å²) in [6.45, 7) is 5.46. The minimum Gasteiger partial charge on any atom is -0.295 e. The number of hydrogen-bond acceptors (Lipinski definition) is 2. The smallest absolute Gasteiger partial charge is 0.278 e. The molecule has 0 saturated carbocycles. The van der Waals surface area contributed by atoms with Crippen LogP contribution in [0.4, 0.5) is 18.9 Å². The highest BCUT2D eigenvalue weighted by Crippen LogP contribution is 2.38. The van der Waals surface area contributed by atoms with E-state index < -0.39 is 23.0 Å². The van der Waals surface area contributed by atoms with Crippen LogP contribution in [0.1, 0.15) is 29.3 Å². The van der Waals surface area contributed by atoms with Gasteiger partial charge in [-0.1, -0.05) is 18.2 Å². The Morgan fingerprint density at radius 2 is 1.75 bits per heavy atom. The Morgan fingerprint density at radius 1 is 1.04 bits per heavy atom. The summed E-state index contributed by atoms with van der Waals surface area (Å²) in [7, 11) is 0. The van der Waals surface area contributed by atoms with E-state index in [0.717, 1.165) is 32.8 Å². The van der Waals surface area contributed by atoms with Crippen LogP contribution in [0.5, 0.6) is 0 Å². The van der Waals surface area contributed by atoms with Gasteiger partial charge in [-0.25, -0.2) is 17.9 Å². The molecule has 1 N–H and O–H groups in total. The maximum absolute atomic E-state index is 14.1. The number of aliphatic imine (C=N–C) groups is 1. The summed E-state index contributed by atoms with van der Waals surface area (Å²) in [6, 6.07) is 6.86. The van der Waals surface area contributed by atoms with Crippen molar-refractivity contribution < 1.29 is 13.2 Å². The predicted molar refractivity (Wildman–Crippen MR) is 103 cm³/mol. The van der Waals surface area contributed by atoms with Crippen molar-refractivity contribution in [2.24, 2.45) is 4.99 Å². The Bertz CT molecular complexity index is 1250. The average molecular weight is 383 g/mol. The van der Waals surface area contributed by atoms with E-state index in [1.165, 1.54) is 0 Å². The maximum Gasteiger partial charge on any atom is 0.278 e. The molecule has 2 heterocycles. The van der Waals surface area contributed by atoms with E-state index in [-0.39, 0.29) is 5.69 Å². The molecule has 0 radical (unpaired) electrons. The first-order chi connectivity index (χ1) is 13.3. The first kappa shape index (κ1) is 18.0. The molecule has 0 aliphatic carbocycles. The standard InChI is InChI=1S/C21H16F3N3O/c1-10-5-4-6-13-14(11(2)25-20(10)13)7-15-12(3)26-27(21(15)28)19-9-17(23)16(22)8-18(19)24/h4-9,26H,1-3H3. The van der Waals surface area contributed by atoms with Gasteiger partial charge in [0.25, 0.3) is 5.56 Å². The molecule has 1 aromatic heterocycles. The van der Waals surface area contributed by atoms with Crippen LogP contribution < -0.4 is 5.56 Å². The van der Waals surface area contributed by atoms with E-state index in [1.807, 2.05) is 32.0 Å². The highest BCUT2D eigenvalue weighted by Gasteiger charge is 2.22. The maximum atomic E-state index is 14.1. The number of nitrogens with one attached hydrogen (secondary N) is 1. The SMILES string of the molecule is CC1=Nc2c(C)cccc2C1=Cc1c(C)[nH]n(-c2cc(F)c(F)cc2F)c1=O. The van der Waals surface area contributed by atoms with Crippen molar-refractivity contribution in [3.05, 3.63) is 80.5 Å². The molecule has 0 spiro atoms. The van der Waals surface area contributed by atoms with E-state index in [4.69, 9.17) is 0 Å². The van der Waals surface area contributed by atoms with Crippen molar-refractivity contribution in [1.29, 1.82) is 0 Å². The van der Waals surface area contributed by atoms with Crippen LogP contribution in [0.15, 0.2) is 40.1 Å². The van der Waals surface area contributed by atoms with Gasteiger partial charge in [0.1, 0.15) is 5.69 Å². The summed E-state index contributed by atoms with van der Waals surface area (Å²) in [5.74, 6) is -3.59. The third kappa shape index (κ3) is 2.70. The van der Waals surface area contributed by atoms with Gasteiger partial charge in [-0.15, -0.1) is 0 Å². The Labute approximate surface area is 158 Å². The second kappa shape index (κ2) is 6.37. The predicted octanol–water partition coefficient (Wildman–Crippen LogP) is 4.85. The van der Waals surface area contributed by atoms with E-state index in [1.54, 1.807) is 13.0 Å². The topological polar surface area (TPSA) is 50.1 Å². The summed E-state index contributed by atoms with van der Waals surface area (Å²) < 4.78 is 41.8. The van der Waals surface area contributed by atoms with Crippen LogP contribution in [0, 0.1) is 31.3 Å². The number of aryl methyl sites for hydroxylation is 2. The van der Waals surface area contributed by atoms with Crippen molar-refractivity contribution >= 4 is 23.0 Å². The average Bonchev–Trinajstić information content (AvgIpc) is 3.11. The van der Waals surface area contributed by atoms with Crippen LogP contribution >= 0.6 is 0 Å². The number of hydrogen-bond donors (Lipinski definition) is 1. The van der Waals surface area contributed by atoms with E-state index >= 15 is 0 Å². The van der Waals surface area contributed by atoms with Gasteiger partial charge < -0.3 is 0 Å². The van der Waals surface area contributed by atoms with Crippen molar-refractivity contribution in [2.45, 2.75) is 20.8 Å². The highest BCUT2D eigenvalue weighted by atomic mass is 19.2. The number of benzene rings is 2. The lowest BCUT2D eigenvalue weighted by Crippen LogP contribution is -2.18. The summed E-state index contributed by atoms with van der Waals surface area (Å²) in [6.07, 6.45) is 1.69. The molecule has 0 fully saturated rings. The molecule has 1 aliphatic heterocycles. The van der Waals surface area contributed by atoms with Crippen molar-refractivity contribution in [2.75, 3.05) is 0 Å². The lowest BCUT2D eigenvalue weighted by molar-refractivity contribution is 0.491. The van der Waals surface area contributed by atoms with Crippen molar-refractivity contribution in [3.63, 3.8) is 0 Å². The Kier molecular flexibility index (Phi) is 4.10. The van der Waals surface area contributed by atoms with Crippen LogP contribution in [0.25, 0.3) is 17.3 Å². The number of para-hydroxylation sites is 1. The van der Waals surface area contributed by atoms with Crippen LogP contribution in [0.3, 0.4) is 0 Å². The lowest BCUT2D eigenvalue weighted by atomic mass is 9.99. The third-order valence-electron chi connectivity index (χ3n) is 4.83. The number of H-pyrrole nitrogens is 1. The minimum atomic E-state index is -1.32. The molecule has 7 heteroatoms. The molecule has 142 valence electrons. The highest BCUT2D eigenvalue weighted by molar-refractivity contribution is 6.31. The molecule has 0 amide bonds. The summed E-state index contributed by atoms with van der Waals surface area (Å²) in [4.78, 5) is 17.4. The van der Waals surface area contributed by atoms with Gasteiger partial charge in [0, 0.05) is 34.7 Å². The second-order valence-electron chi connectivity index (χ2n) is 6.74. The summed E-state index contributed by atoms with van der Waals surface area (Å²) >= 11 is 0. The van der Waals surface area contributed by atoms with Crippen LogP contribution in [-0.4, -0.2) is 15.5 Å². The van der Waals surface area contributed by atoms with Gasteiger partial charge in [-0.05, 0) is 32.4 Å². The van der Waals surface area contributed by atoms with Gasteiger partial charge >= 0.3 is 0 Å². The Morgan fingerprint density at radius 3 is 2.50 bits per heavy atom. The largest absolute Gasteiger partial charge is 0.295 e. The van der Waals surface area contributed by atoms with Crippen LogP contribution in [0.2, 0.25) is 0 Å². The molecule has 0 unspecified atom stereocenters. The fourth-order valence-corrected chi connectivity index (χ4v) is 3.36. The molecule has 2 aromatic carbocycles. The first-order valence-corrected chi connectivity index (χ1v) is 8.62. The molecule has 4 nitrogen and oxygen atoms in total. The van der Waals surface area contributed by atoms with E-state index in [0.29, 0.717) is 23.4 Å². The van der Waals surface area contributed by atoms with Gasteiger partial charge in [0.05, 0.1) is 11.3 Å². The summed E-state index contributed by atoms with van der Waals surface area (Å²) in [5, 5.41) is 2.73. The minimum absolute atomic E-state index is 0.294. The molecule has 4 rings (SSSR count). The van der Waals surface area contributed by atoms with Crippen molar-refractivity contribution in [3.8, 4) is 5.69 Å². The Balaban J connectivity index is 1.88. The fraction of sp³-hybridized carbons (Fsp3) is 0.143. The molecule has 3 aromatic rings. The quantitative estimate of drug-likeness (QED) is 0.632. The molecule has 0 bridgehead atoms. The number of nitrogens with zero attached hydrogens (tertiary/aromatic N) is 2. The van der Waals surface area contributed by atoms with Gasteiger partial charge in [-0.2, -0.15) is 0 Å². The molecular weight excluding hydrogens is 367 g/mol. The molecule has 28 heavy (non-hydrogen) atoms. The van der Waals surface area contributed by atoms with E-state index in [9.17, 15) is 18.0 Å². The zero-order valence-electron chi connectivity index (χ0n) is 15.4. The molecular formula is C21H16F3N3O. The number of rotatable bonds is 2. The lowest BCUT2D eigenvalue weighted by Gasteiger charge is -2.04. The normalized spacial score (nSPS) is 14.5. The van der Waals surface area contributed by atoms with Crippen molar-refractivity contribution in [1.82, 2.24) is 9.78 Å². The first-order valence-electron chi connectivity index (χ1n) is 8.62. The second-order valence-corrected chi connectivity index (χ2v) is 6.74. The number of aromatic amines is 1. The monoisotopic (exact) mass is 383 g/mol. The van der Waals surface area contributed by atoms with Gasteiger partial charge in [0.2, 0.25) is 0 Å². The van der Waals surface area contributed by atoms with Crippen LogP contribution in [-0.2, 0) is 0 Å². The molecule has 1 aliphatic rings. The van der Waals surface area contributed by atoms with Gasteiger partial charge in [-0.3, -0.25) is 14.9 Å². The zero-order valence-corrected chi connectivity index (χ0v) is 15.4. The number of fused-ring (bicyclic) bond motifs is 1. The fourth-order valence-electron chi connectivity index (χ4n) is 3.36. The molecule has 0 saturated heterocycles. The zero-order chi connectivity index (χ0) is 20.2. The third-order valence-corrected chi connectivity index (χ3v) is 4.83. The number of aromatic nitrogens is 2. The number of allylic oxidation sites excluding steroid dienone is 1. The van der Waals surface area contributed by atoms with E-state index in [2.05, 4.69) is 10.1 Å². The molecule has 0 atom stereocenters. The number of halogens is 3. The van der Waals surface area contributed by atoms with Gasteiger partial charge in [0.15, 0.2) is 17.5 Å². The summed E-state index contributed by atoms with van der Waals surface area (Å²) in [5.41, 5.74) is 4.14.